The molecule has 0 amide bonds. The molecule has 0 atom stereocenters. The van der Waals surface area contributed by atoms with Gasteiger partial charge in [-0.2, -0.15) is 0 Å². The molecule has 0 fully saturated rings. The lowest BCUT2D eigenvalue weighted by Gasteiger charge is -2.11. The van der Waals surface area contributed by atoms with Gasteiger partial charge in [-0.05, 0) is 42.0 Å². The molecule has 3 aromatic rings. The number of halogens is 1. The molecule has 3 aromatic carbocycles. The minimum Gasteiger partial charge on any atom is -0.488 e. The summed E-state index contributed by atoms with van der Waals surface area (Å²) in [6, 6.07) is 20.9. The van der Waals surface area contributed by atoms with Crippen LogP contribution in [0.15, 0.2) is 88.0 Å². The number of nitro groups is 1. The van der Waals surface area contributed by atoms with Crippen molar-refractivity contribution in [3.63, 3.8) is 0 Å². The Morgan fingerprint density at radius 2 is 1.81 bits per heavy atom. The number of non-ortho nitro benzene ring substituents is 1. The van der Waals surface area contributed by atoms with E-state index in [1.54, 1.807) is 24.3 Å². The number of oxime groups is 1. The number of nitro benzene ring substituents is 1. The van der Waals surface area contributed by atoms with Crippen molar-refractivity contribution in [1.29, 1.82) is 0 Å². The predicted molar refractivity (Wildman–Crippen MR) is 119 cm³/mol. The molecule has 1 aliphatic rings. The van der Waals surface area contributed by atoms with Crippen LogP contribution < -0.4 is 4.74 Å². The van der Waals surface area contributed by atoms with Crippen molar-refractivity contribution in [1.82, 2.24) is 0 Å². The Labute approximate surface area is 185 Å². The lowest BCUT2D eigenvalue weighted by Crippen LogP contribution is -2.07. The van der Waals surface area contributed by atoms with Crippen LogP contribution in [-0.4, -0.2) is 16.6 Å². The number of nitrogens with zero attached hydrogens (tertiary/aromatic N) is 2. The Bertz CT molecular complexity index is 1200. The molecule has 4 rings (SSSR count). The highest BCUT2D eigenvalue weighted by atomic mass is 79.9. The highest BCUT2D eigenvalue weighted by molar-refractivity contribution is 9.10. The van der Waals surface area contributed by atoms with Gasteiger partial charge in [0.25, 0.3) is 5.69 Å². The highest BCUT2D eigenvalue weighted by Crippen LogP contribution is 2.29. The van der Waals surface area contributed by atoms with Gasteiger partial charge < -0.3 is 9.57 Å². The van der Waals surface area contributed by atoms with Gasteiger partial charge in [-0.25, -0.2) is 4.79 Å². The summed E-state index contributed by atoms with van der Waals surface area (Å²) in [5, 5.41) is 14.7. The van der Waals surface area contributed by atoms with Gasteiger partial charge in [0.05, 0.1) is 10.5 Å². The van der Waals surface area contributed by atoms with Crippen molar-refractivity contribution in [2.45, 2.75) is 6.61 Å². The SMILES string of the molecule is O=C1ON=C(c2ccccc2)/C1=C/c1cc(Br)ccc1OCc1ccc([N+](=O)[O-])cc1. The second-order valence-electron chi connectivity index (χ2n) is 6.64. The van der Waals surface area contributed by atoms with Crippen LogP contribution in [0.3, 0.4) is 0 Å². The molecule has 0 radical (unpaired) electrons. The summed E-state index contributed by atoms with van der Waals surface area (Å²) in [5.41, 5.74) is 3.00. The summed E-state index contributed by atoms with van der Waals surface area (Å²) in [5.74, 6) is 0.00121. The first-order valence-corrected chi connectivity index (χ1v) is 10.0. The molecule has 0 unspecified atom stereocenters. The third kappa shape index (κ3) is 4.70. The number of hydrogen-bond donors (Lipinski definition) is 0. The van der Waals surface area contributed by atoms with Crippen LogP contribution in [0.2, 0.25) is 0 Å². The van der Waals surface area contributed by atoms with Crippen LogP contribution in [0.5, 0.6) is 5.75 Å². The maximum atomic E-state index is 12.3. The van der Waals surface area contributed by atoms with Crippen molar-refractivity contribution >= 4 is 39.4 Å². The minimum atomic E-state index is -0.542. The van der Waals surface area contributed by atoms with Crippen molar-refractivity contribution in [2.75, 3.05) is 0 Å². The quantitative estimate of drug-likeness (QED) is 0.208. The van der Waals surface area contributed by atoms with Crippen LogP contribution in [0, 0.1) is 10.1 Å². The van der Waals surface area contributed by atoms with Crippen molar-refractivity contribution < 1.29 is 19.3 Å². The van der Waals surface area contributed by atoms with Gasteiger partial charge in [0.15, 0.2) is 0 Å². The second kappa shape index (κ2) is 8.93. The third-order valence-electron chi connectivity index (χ3n) is 4.56. The van der Waals surface area contributed by atoms with E-state index in [0.717, 1.165) is 15.6 Å². The molecule has 0 saturated heterocycles. The molecule has 7 nitrogen and oxygen atoms in total. The van der Waals surface area contributed by atoms with Gasteiger partial charge >= 0.3 is 5.97 Å². The fraction of sp³-hybridized carbons (Fsp3) is 0.0435. The molecule has 0 saturated carbocycles. The topological polar surface area (TPSA) is 91.0 Å². The minimum absolute atomic E-state index is 0.0188. The fourth-order valence-corrected chi connectivity index (χ4v) is 3.39. The van der Waals surface area contributed by atoms with Crippen LogP contribution in [0.25, 0.3) is 6.08 Å². The van der Waals surface area contributed by atoms with Crippen LogP contribution in [0.4, 0.5) is 5.69 Å². The van der Waals surface area contributed by atoms with E-state index >= 15 is 0 Å². The summed E-state index contributed by atoms with van der Waals surface area (Å²) < 4.78 is 6.75. The van der Waals surface area contributed by atoms with Gasteiger partial charge in [0, 0.05) is 27.7 Å². The average molecular weight is 479 g/mol. The normalized spacial score (nSPS) is 14.3. The molecule has 1 aliphatic heterocycles. The van der Waals surface area contributed by atoms with E-state index in [9.17, 15) is 14.9 Å². The van der Waals surface area contributed by atoms with E-state index < -0.39 is 10.9 Å². The molecular weight excluding hydrogens is 464 g/mol. The maximum Gasteiger partial charge on any atom is 0.368 e. The molecular formula is C23H15BrN2O5. The number of benzene rings is 3. The monoisotopic (exact) mass is 478 g/mol. The van der Waals surface area contributed by atoms with Crippen molar-refractivity contribution in [3.8, 4) is 5.75 Å². The Morgan fingerprint density at radius 3 is 2.52 bits per heavy atom. The van der Waals surface area contributed by atoms with E-state index in [-0.39, 0.29) is 12.3 Å². The van der Waals surface area contributed by atoms with Gasteiger partial charge in [-0.1, -0.05) is 51.4 Å². The van der Waals surface area contributed by atoms with Gasteiger partial charge in [-0.3, -0.25) is 10.1 Å². The summed E-state index contributed by atoms with van der Waals surface area (Å²) in [6.45, 7) is 0.208. The molecule has 0 N–H and O–H groups in total. The van der Waals surface area contributed by atoms with Crippen molar-refractivity contribution in [3.05, 3.63) is 110 Å². The van der Waals surface area contributed by atoms with Gasteiger partial charge in [0.1, 0.15) is 18.1 Å². The summed E-state index contributed by atoms with van der Waals surface area (Å²) in [6.07, 6.45) is 1.68. The zero-order chi connectivity index (χ0) is 21.8. The smallest absolute Gasteiger partial charge is 0.368 e. The molecule has 31 heavy (non-hydrogen) atoms. The fourth-order valence-electron chi connectivity index (χ4n) is 3.01. The summed E-state index contributed by atoms with van der Waals surface area (Å²) in [7, 11) is 0. The zero-order valence-corrected chi connectivity index (χ0v) is 17.6. The van der Waals surface area contributed by atoms with Crippen LogP contribution in [-0.2, 0) is 16.2 Å². The first-order chi connectivity index (χ1) is 15.0. The van der Waals surface area contributed by atoms with Crippen LogP contribution >= 0.6 is 15.9 Å². The van der Waals surface area contributed by atoms with E-state index in [0.29, 0.717) is 22.6 Å². The number of carbonyl (C=O) groups is 1. The Balaban J connectivity index is 1.61. The van der Waals surface area contributed by atoms with Crippen LogP contribution in [0.1, 0.15) is 16.7 Å². The molecule has 0 bridgehead atoms. The number of hydrogen-bond acceptors (Lipinski definition) is 6. The largest absolute Gasteiger partial charge is 0.488 e. The average Bonchev–Trinajstić information content (AvgIpc) is 3.14. The summed E-state index contributed by atoms with van der Waals surface area (Å²) in [4.78, 5) is 27.6. The number of carbonyl (C=O) groups excluding carboxylic acids is 1. The third-order valence-corrected chi connectivity index (χ3v) is 5.05. The molecule has 154 valence electrons. The standard InChI is InChI=1S/C23H15BrN2O5/c24-18-8-11-21(30-14-15-6-9-19(10-7-15)26(28)29)17(12-18)13-20-22(25-31-23(20)27)16-4-2-1-3-5-16/h1-13H,14H2/b20-13-. The predicted octanol–water partition coefficient (Wildman–Crippen LogP) is 5.28. The Hall–Kier alpha value is -3.78. The van der Waals surface area contributed by atoms with Crippen molar-refractivity contribution in [2.24, 2.45) is 5.16 Å². The number of ether oxygens (including phenoxy) is 1. The van der Waals surface area contributed by atoms with Gasteiger partial charge in [-0.15, -0.1) is 0 Å². The first kappa shape index (κ1) is 20.5. The summed E-state index contributed by atoms with van der Waals surface area (Å²) >= 11 is 3.44. The van der Waals surface area contributed by atoms with Gasteiger partial charge in [0.2, 0.25) is 0 Å². The molecule has 8 heteroatoms. The second-order valence-corrected chi connectivity index (χ2v) is 7.55. The molecule has 0 aliphatic carbocycles. The lowest BCUT2D eigenvalue weighted by molar-refractivity contribution is -0.384. The molecule has 1 heterocycles. The Morgan fingerprint density at radius 1 is 1.06 bits per heavy atom. The van der Waals surface area contributed by atoms with E-state index in [2.05, 4.69) is 21.1 Å². The highest BCUT2D eigenvalue weighted by Gasteiger charge is 2.27. The Kier molecular flexibility index (Phi) is 5.90. The van der Waals surface area contributed by atoms with E-state index in [1.807, 2.05) is 42.5 Å². The zero-order valence-electron chi connectivity index (χ0n) is 16.0. The maximum absolute atomic E-state index is 12.3. The molecule has 0 spiro atoms. The van der Waals surface area contributed by atoms with E-state index in [4.69, 9.17) is 9.57 Å². The number of rotatable bonds is 6. The lowest BCUT2D eigenvalue weighted by atomic mass is 10.0. The van der Waals surface area contributed by atoms with E-state index in [1.165, 1.54) is 12.1 Å². The molecule has 0 aromatic heterocycles. The first-order valence-electron chi connectivity index (χ1n) is 9.24.